The molecule has 78 valence electrons. The van der Waals surface area contributed by atoms with Crippen molar-refractivity contribution in [2.24, 2.45) is 4.99 Å². The Bertz CT molecular complexity index is 297. The van der Waals surface area contributed by atoms with E-state index in [9.17, 15) is 0 Å². The topological polar surface area (TPSA) is 30.8 Å². The van der Waals surface area contributed by atoms with Crippen molar-refractivity contribution in [2.75, 3.05) is 20.8 Å². The number of ether oxygens (including phenoxy) is 2. The molecule has 1 aromatic heterocycles. The lowest BCUT2D eigenvalue weighted by molar-refractivity contribution is -0.0936. The number of hydrogen-bond donors (Lipinski definition) is 0. The molecule has 1 rings (SSSR count). The summed E-state index contributed by atoms with van der Waals surface area (Å²) in [6, 6.07) is 4.00. The van der Waals surface area contributed by atoms with Crippen molar-refractivity contribution in [3.05, 3.63) is 20.8 Å². The highest BCUT2D eigenvalue weighted by atomic mass is 79.9. The van der Waals surface area contributed by atoms with Crippen molar-refractivity contribution in [1.29, 1.82) is 0 Å². The molecule has 0 atom stereocenters. The van der Waals surface area contributed by atoms with Crippen molar-refractivity contribution in [3.63, 3.8) is 0 Å². The van der Waals surface area contributed by atoms with Crippen molar-refractivity contribution in [2.45, 2.75) is 6.29 Å². The van der Waals surface area contributed by atoms with Crippen LogP contribution in [-0.4, -0.2) is 33.3 Å². The molecule has 0 spiro atoms. The van der Waals surface area contributed by atoms with Crippen molar-refractivity contribution >= 4 is 33.5 Å². The predicted octanol–water partition coefficient (Wildman–Crippen LogP) is 2.55. The molecule has 0 fully saturated rings. The first kappa shape index (κ1) is 11.8. The average Bonchev–Trinajstić information content (AvgIpc) is 2.59. The zero-order chi connectivity index (χ0) is 10.4. The van der Waals surface area contributed by atoms with E-state index in [2.05, 4.69) is 20.9 Å². The molecule has 14 heavy (non-hydrogen) atoms. The van der Waals surface area contributed by atoms with Gasteiger partial charge in [0, 0.05) is 25.3 Å². The van der Waals surface area contributed by atoms with E-state index < -0.39 is 0 Å². The number of hydrogen-bond acceptors (Lipinski definition) is 4. The first-order chi connectivity index (χ1) is 6.76. The quantitative estimate of drug-likeness (QED) is 0.612. The largest absolute Gasteiger partial charge is 0.354 e. The standard InChI is InChI=1S/C9H12BrNO2S/c1-12-9(13-2)6-11-5-7-3-4-8(10)14-7/h3-5,9H,6H2,1-2H3/b11-5-. The van der Waals surface area contributed by atoms with Crippen LogP contribution in [0.5, 0.6) is 0 Å². The maximum Gasteiger partial charge on any atom is 0.176 e. The van der Waals surface area contributed by atoms with Crippen LogP contribution >= 0.6 is 27.3 Å². The highest BCUT2D eigenvalue weighted by Gasteiger charge is 2.01. The van der Waals surface area contributed by atoms with Crippen molar-refractivity contribution < 1.29 is 9.47 Å². The summed E-state index contributed by atoms with van der Waals surface area (Å²) in [6.45, 7) is 0.516. The molecule has 0 aromatic carbocycles. The van der Waals surface area contributed by atoms with Gasteiger partial charge in [-0.2, -0.15) is 0 Å². The van der Waals surface area contributed by atoms with E-state index in [4.69, 9.17) is 9.47 Å². The summed E-state index contributed by atoms with van der Waals surface area (Å²) >= 11 is 5.03. The van der Waals surface area contributed by atoms with Gasteiger partial charge in [0.15, 0.2) is 6.29 Å². The maximum absolute atomic E-state index is 5.00. The lowest BCUT2D eigenvalue weighted by Gasteiger charge is -2.08. The van der Waals surface area contributed by atoms with E-state index in [1.807, 2.05) is 18.3 Å². The smallest absolute Gasteiger partial charge is 0.176 e. The lowest BCUT2D eigenvalue weighted by atomic mass is 10.5. The highest BCUT2D eigenvalue weighted by molar-refractivity contribution is 9.11. The summed E-state index contributed by atoms with van der Waals surface area (Å²) < 4.78 is 11.1. The fourth-order valence-electron chi connectivity index (χ4n) is 0.872. The van der Waals surface area contributed by atoms with Crippen LogP contribution in [0.2, 0.25) is 0 Å². The van der Waals surface area contributed by atoms with Gasteiger partial charge in [0.05, 0.1) is 10.3 Å². The fourth-order valence-corrected chi connectivity index (χ4v) is 2.19. The van der Waals surface area contributed by atoms with Gasteiger partial charge in [-0.15, -0.1) is 11.3 Å². The Hall–Kier alpha value is -0.230. The second-order valence-corrected chi connectivity index (χ2v) is 5.03. The number of nitrogens with zero attached hydrogens (tertiary/aromatic N) is 1. The fraction of sp³-hybridized carbons (Fsp3) is 0.444. The number of rotatable bonds is 5. The Labute approximate surface area is 95.9 Å². The van der Waals surface area contributed by atoms with Crippen LogP contribution in [0.15, 0.2) is 20.9 Å². The minimum Gasteiger partial charge on any atom is -0.354 e. The highest BCUT2D eigenvalue weighted by Crippen LogP contribution is 2.20. The minimum absolute atomic E-state index is 0.255. The summed E-state index contributed by atoms with van der Waals surface area (Å²) in [5.74, 6) is 0. The van der Waals surface area contributed by atoms with Gasteiger partial charge in [-0.3, -0.25) is 4.99 Å². The van der Waals surface area contributed by atoms with Crippen LogP contribution in [0.3, 0.4) is 0 Å². The molecule has 1 aromatic rings. The Morgan fingerprint density at radius 1 is 1.50 bits per heavy atom. The Morgan fingerprint density at radius 2 is 2.21 bits per heavy atom. The van der Waals surface area contributed by atoms with E-state index in [0.717, 1.165) is 8.66 Å². The van der Waals surface area contributed by atoms with Crippen LogP contribution in [0, 0.1) is 0 Å². The molecule has 0 amide bonds. The summed E-state index contributed by atoms with van der Waals surface area (Å²) in [4.78, 5) is 5.33. The van der Waals surface area contributed by atoms with Crippen LogP contribution in [0.1, 0.15) is 4.88 Å². The summed E-state index contributed by atoms with van der Waals surface area (Å²) in [6.07, 6.45) is 1.56. The number of aliphatic imine (C=N–C) groups is 1. The van der Waals surface area contributed by atoms with E-state index in [1.54, 1.807) is 25.6 Å². The van der Waals surface area contributed by atoms with E-state index in [0.29, 0.717) is 6.54 Å². The third-order valence-corrected chi connectivity index (χ3v) is 3.15. The molecular weight excluding hydrogens is 266 g/mol. The van der Waals surface area contributed by atoms with Gasteiger partial charge >= 0.3 is 0 Å². The molecule has 0 N–H and O–H groups in total. The second-order valence-electron chi connectivity index (χ2n) is 2.54. The van der Waals surface area contributed by atoms with Crippen molar-refractivity contribution in [1.82, 2.24) is 0 Å². The van der Waals surface area contributed by atoms with E-state index >= 15 is 0 Å². The normalized spacial score (nSPS) is 11.7. The lowest BCUT2D eigenvalue weighted by Crippen LogP contribution is -2.16. The molecule has 0 saturated heterocycles. The van der Waals surface area contributed by atoms with Gasteiger partial charge < -0.3 is 9.47 Å². The van der Waals surface area contributed by atoms with Crippen LogP contribution in [0.4, 0.5) is 0 Å². The maximum atomic E-state index is 5.00. The van der Waals surface area contributed by atoms with Gasteiger partial charge in [-0.1, -0.05) is 0 Å². The SMILES string of the molecule is COC(C/N=C\c1ccc(Br)s1)OC. The molecule has 1 heterocycles. The van der Waals surface area contributed by atoms with E-state index in [1.165, 1.54) is 0 Å². The Balaban J connectivity index is 2.40. The van der Waals surface area contributed by atoms with Gasteiger partial charge in [0.1, 0.15) is 0 Å². The van der Waals surface area contributed by atoms with Gasteiger partial charge in [0.2, 0.25) is 0 Å². The Morgan fingerprint density at radius 3 is 2.71 bits per heavy atom. The molecular formula is C9H12BrNO2S. The molecule has 3 nitrogen and oxygen atoms in total. The number of thiophene rings is 1. The molecule has 0 radical (unpaired) electrons. The van der Waals surface area contributed by atoms with Gasteiger partial charge in [-0.05, 0) is 28.1 Å². The van der Waals surface area contributed by atoms with Crippen LogP contribution in [-0.2, 0) is 9.47 Å². The molecule has 0 aliphatic carbocycles. The third-order valence-electron chi connectivity index (χ3n) is 1.59. The van der Waals surface area contributed by atoms with Gasteiger partial charge in [0.25, 0.3) is 0 Å². The van der Waals surface area contributed by atoms with E-state index in [-0.39, 0.29) is 6.29 Å². The predicted molar refractivity (Wildman–Crippen MR) is 62.3 cm³/mol. The Kier molecular flexibility index (Phi) is 5.32. The number of halogens is 1. The third kappa shape index (κ3) is 3.88. The second kappa shape index (κ2) is 6.29. The molecule has 0 saturated carbocycles. The first-order valence-corrected chi connectivity index (χ1v) is 5.68. The zero-order valence-corrected chi connectivity index (χ0v) is 10.5. The van der Waals surface area contributed by atoms with Gasteiger partial charge in [-0.25, -0.2) is 0 Å². The molecule has 5 heteroatoms. The first-order valence-electron chi connectivity index (χ1n) is 4.07. The monoisotopic (exact) mass is 277 g/mol. The van der Waals surface area contributed by atoms with Crippen molar-refractivity contribution in [3.8, 4) is 0 Å². The molecule has 0 aliphatic heterocycles. The summed E-state index contributed by atoms with van der Waals surface area (Å²) in [5.41, 5.74) is 0. The average molecular weight is 278 g/mol. The molecule has 0 aliphatic rings. The number of methoxy groups -OCH3 is 2. The molecule has 0 unspecified atom stereocenters. The van der Waals surface area contributed by atoms with Crippen LogP contribution in [0.25, 0.3) is 0 Å². The zero-order valence-electron chi connectivity index (χ0n) is 8.07. The summed E-state index contributed by atoms with van der Waals surface area (Å²) in [5, 5.41) is 0. The summed E-state index contributed by atoms with van der Waals surface area (Å²) in [7, 11) is 3.21. The van der Waals surface area contributed by atoms with Crippen LogP contribution < -0.4 is 0 Å². The molecule has 0 bridgehead atoms. The minimum atomic E-state index is -0.255.